The summed E-state index contributed by atoms with van der Waals surface area (Å²) in [6.07, 6.45) is -3.17. The molecule has 11 heteroatoms. The van der Waals surface area contributed by atoms with E-state index in [9.17, 15) is 22.4 Å². The molecule has 1 amide bonds. The van der Waals surface area contributed by atoms with Crippen molar-refractivity contribution in [2.45, 2.75) is 44.8 Å². The summed E-state index contributed by atoms with van der Waals surface area (Å²) in [6, 6.07) is 4.46. The van der Waals surface area contributed by atoms with Crippen LogP contribution in [0.5, 0.6) is 0 Å². The Morgan fingerprint density at radius 1 is 1.16 bits per heavy atom. The Labute approximate surface area is 179 Å². The van der Waals surface area contributed by atoms with Crippen LogP contribution in [0.3, 0.4) is 0 Å². The number of hydrogen-bond acceptors (Lipinski definition) is 6. The van der Waals surface area contributed by atoms with Gasteiger partial charge in [-0.2, -0.15) is 18.3 Å². The summed E-state index contributed by atoms with van der Waals surface area (Å²) in [4.78, 5) is 18.9. The van der Waals surface area contributed by atoms with Crippen molar-refractivity contribution in [3.63, 3.8) is 0 Å². The summed E-state index contributed by atoms with van der Waals surface area (Å²) >= 11 is 0. The van der Waals surface area contributed by atoms with E-state index in [0.29, 0.717) is 17.5 Å². The number of hydrogen-bond donors (Lipinski definition) is 1. The van der Waals surface area contributed by atoms with Gasteiger partial charge in [0.15, 0.2) is 5.69 Å². The van der Waals surface area contributed by atoms with Gasteiger partial charge < -0.3 is 15.4 Å². The van der Waals surface area contributed by atoms with Gasteiger partial charge in [0.05, 0.1) is 36.5 Å². The van der Waals surface area contributed by atoms with E-state index >= 15 is 0 Å². The molecule has 1 saturated carbocycles. The van der Waals surface area contributed by atoms with E-state index in [1.54, 1.807) is 0 Å². The normalized spacial score (nSPS) is 15.8. The first-order valence-electron chi connectivity index (χ1n) is 9.91. The summed E-state index contributed by atoms with van der Waals surface area (Å²) < 4.78 is 58.5. The highest BCUT2D eigenvalue weighted by atomic mass is 19.4. The van der Waals surface area contributed by atoms with Crippen molar-refractivity contribution in [1.82, 2.24) is 20.1 Å². The van der Waals surface area contributed by atoms with Crippen LogP contribution in [0.4, 0.5) is 23.4 Å². The Kier molecular flexibility index (Phi) is 4.73. The number of anilines is 1. The highest BCUT2D eigenvalue weighted by Gasteiger charge is 2.36. The first-order valence-corrected chi connectivity index (χ1v) is 9.91. The van der Waals surface area contributed by atoms with Gasteiger partial charge in [-0.3, -0.25) is 4.79 Å². The van der Waals surface area contributed by atoms with Crippen LogP contribution in [0.15, 0.2) is 24.3 Å². The number of nitrogens with two attached hydrogens (primary N) is 1. The van der Waals surface area contributed by atoms with Crippen molar-refractivity contribution in [1.29, 1.82) is 0 Å². The molecule has 0 radical (unpaired) electrons. The van der Waals surface area contributed by atoms with Gasteiger partial charge in [-0.15, -0.1) is 5.10 Å². The number of alkyl halides is 3. The molecule has 2 aromatic heterocycles. The number of pyridine rings is 1. The highest BCUT2D eigenvalue weighted by molar-refractivity contribution is 5.99. The molecule has 166 valence electrons. The molecule has 0 bridgehead atoms. The lowest BCUT2D eigenvalue weighted by Crippen LogP contribution is -2.33. The van der Waals surface area contributed by atoms with Crippen molar-refractivity contribution >= 4 is 22.6 Å². The van der Waals surface area contributed by atoms with Gasteiger partial charge in [0, 0.05) is 23.1 Å². The molecule has 2 aliphatic rings. The first-order chi connectivity index (χ1) is 15.2. The van der Waals surface area contributed by atoms with Crippen LogP contribution < -0.4 is 5.73 Å². The zero-order valence-electron chi connectivity index (χ0n) is 16.6. The second-order valence-electron chi connectivity index (χ2n) is 7.87. The van der Waals surface area contributed by atoms with Crippen LogP contribution in [0.2, 0.25) is 0 Å². The van der Waals surface area contributed by atoms with Crippen molar-refractivity contribution in [2.75, 3.05) is 5.73 Å². The smallest absolute Gasteiger partial charge is 0.383 e. The van der Waals surface area contributed by atoms with E-state index in [2.05, 4.69) is 15.2 Å². The fourth-order valence-corrected chi connectivity index (χ4v) is 3.83. The predicted octanol–water partition coefficient (Wildman–Crippen LogP) is 3.60. The fraction of sp³-hybridized carbons (Fsp3) is 0.333. The summed E-state index contributed by atoms with van der Waals surface area (Å²) in [7, 11) is 0. The van der Waals surface area contributed by atoms with E-state index in [0.717, 1.165) is 30.0 Å². The third-order valence-corrected chi connectivity index (χ3v) is 5.64. The lowest BCUT2D eigenvalue weighted by Gasteiger charge is -2.22. The fourth-order valence-electron chi connectivity index (χ4n) is 3.83. The predicted molar refractivity (Wildman–Crippen MR) is 105 cm³/mol. The van der Waals surface area contributed by atoms with Crippen LogP contribution in [0.25, 0.3) is 10.9 Å². The average molecular weight is 447 g/mol. The number of benzene rings is 1. The maximum atomic E-state index is 14.9. The molecule has 2 N–H and O–H groups in total. The number of fused-ring (bicyclic) bond motifs is 3. The highest BCUT2D eigenvalue weighted by Crippen LogP contribution is 2.35. The molecule has 0 atom stereocenters. The zero-order valence-corrected chi connectivity index (χ0v) is 16.6. The Morgan fingerprint density at radius 3 is 2.56 bits per heavy atom. The van der Waals surface area contributed by atoms with Crippen LogP contribution >= 0.6 is 0 Å². The van der Waals surface area contributed by atoms with Gasteiger partial charge in [-0.25, -0.2) is 9.37 Å². The third-order valence-electron chi connectivity index (χ3n) is 5.64. The van der Waals surface area contributed by atoms with Gasteiger partial charge in [0.1, 0.15) is 11.6 Å². The number of aromatic nitrogens is 3. The van der Waals surface area contributed by atoms with E-state index in [1.165, 1.54) is 23.1 Å². The molecule has 3 aromatic rings. The maximum absolute atomic E-state index is 14.9. The standard InChI is InChI=1S/C21H17F4N5O2/c22-16-6-17-12(14-8-32-9-15(14)19(26)27-17)5-13(16)20(31)30(11-2-3-11)7-10-1-4-18(29-28-10)21(23,24)25/h1,4-6,11H,2-3,7-9H2,(H2,26,27). The minimum absolute atomic E-state index is 0.0761. The molecule has 32 heavy (non-hydrogen) atoms. The molecule has 3 heterocycles. The van der Waals surface area contributed by atoms with Crippen molar-refractivity contribution in [3.8, 4) is 0 Å². The average Bonchev–Trinajstić information content (AvgIpc) is 3.46. The maximum Gasteiger partial charge on any atom is 0.435 e. The lowest BCUT2D eigenvalue weighted by atomic mass is 10.0. The monoisotopic (exact) mass is 447 g/mol. The number of rotatable bonds is 4. The quantitative estimate of drug-likeness (QED) is 0.615. The Bertz CT molecular complexity index is 1230. The molecular formula is C21H17F4N5O2. The molecule has 7 nitrogen and oxygen atoms in total. The first kappa shape index (κ1) is 20.6. The topological polar surface area (TPSA) is 94.2 Å². The second kappa shape index (κ2) is 7.37. The van der Waals surface area contributed by atoms with E-state index in [4.69, 9.17) is 10.5 Å². The molecule has 1 aliphatic heterocycles. The summed E-state index contributed by atoms with van der Waals surface area (Å²) in [5.41, 5.74) is 6.67. The summed E-state index contributed by atoms with van der Waals surface area (Å²) in [6.45, 7) is 0.504. The Balaban J connectivity index is 1.48. The third kappa shape index (κ3) is 3.62. The number of carbonyl (C=O) groups is 1. The number of nitrogens with zero attached hydrogens (tertiary/aromatic N) is 4. The minimum Gasteiger partial charge on any atom is -0.383 e. The lowest BCUT2D eigenvalue weighted by molar-refractivity contribution is -0.141. The van der Waals surface area contributed by atoms with Gasteiger partial charge in [-0.05, 0) is 36.6 Å². The zero-order chi connectivity index (χ0) is 22.6. The van der Waals surface area contributed by atoms with Gasteiger partial charge in [0.2, 0.25) is 0 Å². The van der Waals surface area contributed by atoms with Gasteiger partial charge in [-0.1, -0.05) is 0 Å². The van der Waals surface area contributed by atoms with Crippen LogP contribution in [-0.2, 0) is 30.7 Å². The number of halogens is 4. The Hall–Kier alpha value is -3.34. The van der Waals surface area contributed by atoms with Crippen molar-refractivity contribution < 1.29 is 27.1 Å². The van der Waals surface area contributed by atoms with Crippen LogP contribution in [0, 0.1) is 5.82 Å². The minimum atomic E-state index is -4.60. The Morgan fingerprint density at radius 2 is 1.91 bits per heavy atom. The molecule has 1 fully saturated rings. The number of nitrogen functional groups attached to an aromatic ring is 1. The molecule has 0 spiro atoms. The van der Waals surface area contributed by atoms with E-state index in [1.807, 2.05) is 0 Å². The molecule has 0 unspecified atom stereocenters. The molecule has 5 rings (SSSR count). The molecule has 1 aromatic carbocycles. The summed E-state index contributed by atoms with van der Waals surface area (Å²) in [5.74, 6) is -1.06. The van der Waals surface area contributed by atoms with Crippen molar-refractivity contribution in [3.05, 3.63) is 58.2 Å². The van der Waals surface area contributed by atoms with E-state index < -0.39 is 23.6 Å². The number of amides is 1. The SMILES string of the molecule is Nc1nc2cc(F)c(C(=O)N(Cc3ccc(C(F)(F)F)nn3)C3CC3)cc2c2c1COC2. The van der Waals surface area contributed by atoms with Gasteiger partial charge in [0.25, 0.3) is 5.91 Å². The number of carbonyl (C=O) groups excluding carboxylic acids is 1. The van der Waals surface area contributed by atoms with Crippen LogP contribution in [0.1, 0.15) is 45.7 Å². The van der Waals surface area contributed by atoms with E-state index in [-0.39, 0.29) is 36.3 Å². The van der Waals surface area contributed by atoms with Crippen LogP contribution in [-0.4, -0.2) is 32.0 Å². The van der Waals surface area contributed by atoms with Gasteiger partial charge >= 0.3 is 6.18 Å². The summed E-state index contributed by atoms with van der Waals surface area (Å²) in [5, 5.41) is 7.39. The number of ether oxygens (including phenoxy) is 1. The second-order valence-corrected chi connectivity index (χ2v) is 7.87. The molecule has 1 aliphatic carbocycles. The molecular weight excluding hydrogens is 430 g/mol. The largest absolute Gasteiger partial charge is 0.435 e. The molecule has 0 saturated heterocycles. The van der Waals surface area contributed by atoms with Crippen molar-refractivity contribution in [2.24, 2.45) is 0 Å².